The summed E-state index contributed by atoms with van der Waals surface area (Å²) in [6.07, 6.45) is 0. The van der Waals surface area contributed by atoms with Gasteiger partial charge in [0.2, 0.25) is 5.13 Å². The van der Waals surface area contributed by atoms with Crippen molar-refractivity contribution in [3.05, 3.63) is 29.0 Å². The number of carboxylic acids is 1. The summed E-state index contributed by atoms with van der Waals surface area (Å²) in [7, 11) is 0. The van der Waals surface area contributed by atoms with E-state index in [-0.39, 0.29) is 11.5 Å². The first-order valence-corrected chi connectivity index (χ1v) is 6.64. The lowest BCUT2D eigenvalue weighted by molar-refractivity contribution is 0.0695. The maximum Gasteiger partial charge on any atom is 0.339 e. The van der Waals surface area contributed by atoms with Crippen molar-refractivity contribution in [2.45, 2.75) is 33.2 Å². The van der Waals surface area contributed by atoms with E-state index in [2.05, 4.69) is 14.7 Å². The lowest BCUT2D eigenvalue weighted by atomic mass is 10.2. The molecule has 0 aromatic carbocycles. The fourth-order valence-corrected chi connectivity index (χ4v) is 2.25. The summed E-state index contributed by atoms with van der Waals surface area (Å²) in [4.78, 5) is 15.2. The molecule has 0 aliphatic rings. The molecular formula is C12H15N3O3S. The Morgan fingerprint density at radius 2 is 2.32 bits per heavy atom. The third kappa shape index (κ3) is 3.11. The van der Waals surface area contributed by atoms with Crippen LogP contribution in [0.5, 0.6) is 0 Å². The first kappa shape index (κ1) is 13.5. The molecule has 2 rings (SSSR count). The maximum atomic E-state index is 10.9. The number of aromatic carboxylic acids is 1. The van der Waals surface area contributed by atoms with Crippen molar-refractivity contribution in [3.8, 4) is 0 Å². The van der Waals surface area contributed by atoms with Crippen LogP contribution in [0.25, 0.3) is 0 Å². The second-order valence-corrected chi connectivity index (χ2v) is 5.21. The zero-order valence-electron chi connectivity index (χ0n) is 10.9. The number of furan rings is 1. The van der Waals surface area contributed by atoms with Gasteiger partial charge in [-0.3, -0.25) is 0 Å². The molecule has 2 aromatic heterocycles. The van der Waals surface area contributed by atoms with Crippen molar-refractivity contribution in [2.24, 2.45) is 0 Å². The summed E-state index contributed by atoms with van der Waals surface area (Å²) in [5, 5.41) is 12.7. The van der Waals surface area contributed by atoms with Crippen LogP contribution in [-0.4, -0.2) is 20.4 Å². The molecule has 7 heteroatoms. The van der Waals surface area contributed by atoms with E-state index in [1.165, 1.54) is 17.6 Å². The first-order valence-electron chi connectivity index (χ1n) is 5.87. The molecule has 0 radical (unpaired) electrons. The molecule has 6 nitrogen and oxygen atoms in total. The number of carbonyl (C=O) groups is 1. The third-order valence-corrected chi connectivity index (χ3v) is 3.26. The zero-order valence-corrected chi connectivity index (χ0v) is 11.7. The number of anilines is 1. The van der Waals surface area contributed by atoms with Crippen LogP contribution in [0.15, 0.2) is 10.5 Å². The Labute approximate surface area is 114 Å². The van der Waals surface area contributed by atoms with Crippen molar-refractivity contribution >= 4 is 22.6 Å². The van der Waals surface area contributed by atoms with E-state index in [0.29, 0.717) is 23.2 Å². The third-order valence-electron chi connectivity index (χ3n) is 2.57. The number of nitrogens with one attached hydrogen (secondary N) is 1. The van der Waals surface area contributed by atoms with Gasteiger partial charge in [0.25, 0.3) is 0 Å². The summed E-state index contributed by atoms with van der Waals surface area (Å²) >= 11 is 1.28. The molecular weight excluding hydrogens is 266 g/mol. The molecule has 0 fully saturated rings. The zero-order chi connectivity index (χ0) is 14.0. The Balaban J connectivity index is 2.02. The van der Waals surface area contributed by atoms with Crippen LogP contribution in [0.3, 0.4) is 0 Å². The summed E-state index contributed by atoms with van der Waals surface area (Å²) in [6, 6.07) is 1.52. The Kier molecular flexibility index (Phi) is 3.84. The molecule has 2 heterocycles. The number of aryl methyl sites for hydroxylation is 1. The van der Waals surface area contributed by atoms with Crippen LogP contribution in [0.4, 0.5) is 5.13 Å². The van der Waals surface area contributed by atoms with E-state index in [1.54, 1.807) is 6.92 Å². The van der Waals surface area contributed by atoms with E-state index < -0.39 is 5.97 Å². The lowest BCUT2D eigenvalue weighted by Gasteiger charge is -1.98. The Morgan fingerprint density at radius 1 is 1.58 bits per heavy atom. The summed E-state index contributed by atoms with van der Waals surface area (Å²) in [5.41, 5.74) is 0.192. The van der Waals surface area contributed by atoms with Gasteiger partial charge in [0.1, 0.15) is 22.9 Å². The standard InChI is InChI=1S/C12H15N3O3S/c1-6(2)10-14-12(19-15-10)13-5-8-4-9(11(16)17)7(3)18-8/h4,6H,5H2,1-3H3,(H,16,17)(H,13,14,15). The highest BCUT2D eigenvalue weighted by Crippen LogP contribution is 2.19. The quantitative estimate of drug-likeness (QED) is 0.876. The molecule has 0 atom stereocenters. The van der Waals surface area contributed by atoms with Gasteiger partial charge in [-0.1, -0.05) is 13.8 Å². The molecule has 0 amide bonds. The van der Waals surface area contributed by atoms with Gasteiger partial charge in [0.05, 0.1) is 6.54 Å². The van der Waals surface area contributed by atoms with Gasteiger partial charge in [-0.15, -0.1) is 0 Å². The number of carboxylic acid groups (broad SMARTS) is 1. The van der Waals surface area contributed by atoms with Gasteiger partial charge >= 0.3 is 5.97 Å². The molecule has 0 aliphatic carbocycles. The van der Waals surface area contributed by atoms with Gasteiger partial charge in [-0.25, -0.2) is 9.78 Å². The van der Waals surface area contributed by atoms with Crippen LogP contribution in [0.2, 0.25) is 0 Å². The van der Waals surface area contributed by atoms with E-state index in [0.717, 1.165) is 5.82 Å². The first-order chi connectivity index (χ1) is 8.97. The second-order valence-electron chi connectivity index (χ2n) is 4.45. The number of rotatable bonds is 5. The topological polar surface area (TPSA) is 88.3 Å². The largest absolute Gasteiger partial charge is 0.478 e. The normalized spacial score (nSPS) is 10.9. The van der Waals surface area contributed by atoms with Gasteiger partial charge < -0.3 is 14.8 Å². The van der Waals surface area contributed by atoms with E-state index in [9.17, 15) is 4.79 Å². The minimum absolute atomic E-state index is 0.192. The van der Waals surface area contributed by atoms with Crippen LogP contribution >= 0.6 is 11.5 Å². The van der Waals surface area contributed by atoms with E-state index >= 15 is 0 Å². The molecule has 2 aromatic rings. The molecule has 19 heavy (non-hydrogen) atoms. The van der Waals surface area contributed by atoms with Gasteiger partial charge in [-0.05, 0) is 13.0 Å². The molecule has 0 saturated carbocycles. The van der Waals surface area contributed by atoms with E-state index in [4.69, 9.17) is 9.52 Å². The Hall–Kier alpha value is -1.89. The number of aromatic nitrogens is 2. The fourth-order valence-electron chi connectivity index (χ4n) is 1.55. The van der Waals surface area contributed by atoms with Gasteiger partial charge in [0.15, 0.2) is 0 Å². The molecule has 0 saturated heterocycles. The van der Waals surface area contributed by atoms with Crippen molar-refractivity contribution in [1.82, 2.24) is 9.36 Å². The van der Waals surface area contributed by atoms with E-state index in [1.807, 2.05) is 13.8 Å². The van der Waals surface area contributed by atoms with Crippen molar-refractivity contribution in [2.75, 3.05) is 5.32 Å². The predicted molar refractivity (Wildman–Crippen MR) is 71.7 cm³/mol. The molecule has 2 N–H and O–H groups in total. The highest BCUT2D eigenvalue weighted by atomic mass is 32.1. The SMILES string of the molecule is Cc1oc(CNc2nc(C(C)C)ns2)cc1C(=O)O. The molecule has 102 valence electrons. The molecule has 0 bridgehead atoms. The lowest BCUT2D eigenvalue weighted by Crippen LogP contribution is -1.99. The monoisotopic (exact) mass is 281 g/mol. The summed E-state index contributed by atoms with van der Waals surface area (Å²) in [6.45, 7) is 6.08. The van der Waals surface area contributed by atoms with Crippen molar-refractivity contribution in [1.29, 1.82) is 0 Å². The Morgan fingerprint density at radius 3 is 2.84 bits per heavy atom. The minimum Gasteiger partial charge on any atom is -0.478 e. The Bertz CT molecular complexity index is 589. The van der Waals surface area contributed by atoms with Crippen LogP contribution < -0.4 is 5.32 Å². The van der Waals surface area contributed by atoms with Crippen LogP contribution in [0.1, 0.15) is 47.5 Å². The number of hydrogen-bond donors (Lipinski definition) is 2. The highest BCUT2D eigenvalue weighted by Gasteiger charge is 2.14. The predicted octanol–water partition coefficient (Wildman–Crippen LogP) is 2.87. The van der Waals surface area contributed by atoms with Crippen molar-refractivity contribution < 1.29 is 14.3 Å². The van der Waals surface area contributed by atoms with Crippen LogP contribution in [-0.2, 0) is 6.54 Å². The summed E-state index contributed by atoms with van der Waals surface area (Å²) < 4.78 is 9.59. The van der Waals surface area contributed by atoms with Gasteiger partial charge in [0, 0.05) is 17.5 Å². The van der Waals surface area contributed by atoms with Crippen molar-refractivity contribution in [3.63, 3.8) is 0 Å². The number of nitrogens with zero attached hydrogens (tertiary/aromatic N) is 2. The molecule has 0 unspecified atom stereocenters. The minimum atomic E-state index is -0.981. The summed E-state index contributed by atoms with van der Waals surface area (Å²) in [5.74, 6) is 1.08. The second kappa shape index (κ2) is 5.40. The smallest absolute Gasteiger partial charge is 0.339 e. The average molecular weight is 281 g/mol. The van der Waals surface area contributed by atoms with Gasteiger partial charge in [-0.2, -0.15) is 4.37 Å². The highest BCUT2D eigenvalue weighted by molar-refractivity contribution is 7.09. The van der Waals surface area contributed by atoms with Crippen LogP contribution in [0, 0.1) is 6.92 Å². The molecule has 0 spiro atoms. The number of hydrogen-bond acceptors (Lipinski definition) is 6. The fraction of sp³-hybridized carbons (Fsp3) is 0.417. The molecule has 0 aliphatic heterocycles. The maximum absolute atomic E-state index is 10.9. The average Bonchev–Trinajstić information content (AvgIpc) is 2.92.